The Balaban J connectivity index is 2.67. The van der Waals surface area contributed by atoms with Crippen LogP contribution in [0.25, 0.3) is 0 Å². The van der Waals surface area contributed by atoms with Gasteiger partial charge in [-0.1, -0.05) is 19.3 Å². The van der Waals surface area contributed by atoms with Gasteiger partial charge in [0.25, 0.3) is 0 Å². The largest absolute Gasteiger partial charge is 0.493 e. The third kappa shape index (κ3) is 2.63. The molecule has 1 saturated carbocycles. The van der Waals surface area contributed by atoms with Crippen LogP contribution in [0.15, 0.2) is 10.5 Å². The summed E-state index contributed by atoms with van der Waals surface area (Å²) in [5.74, 6) is 0.465. The zero-order valence-corrected chi connectivity index (χ0v) is 14.2. The number of carbonyl (C=O) groups is 1. The molecule has 0 bridgehead atoms. The van der Waals surface area contributed by atoms with Crippen molar-refractivity contribution >= 4 is 21.9 Å². The van der Waals surface area contributed by atoms with Gasteiger partial charge in [-0.3, -0.25) is 4.79 Å². The Morgan fingerprint density at radius 3 is 2.24 bits per heavy atom. The molecule has 0 unspecified atom stereocenters. The summed E-state index contributed by atoms with van der Waals surface area (Å²) in [6.45, 7) is 1.91. The van der Waals surface area contributed by atoms with Crippen LogP contribution in [0.2, 0.25) is 0 Å². The van der Waals surface area contributed by atoms with E-state index in [-0.39, 0.29) is 0 Å². The van der Waals surface area contributed by atoms with Crippen LogP contribution < -0.4 is 9.47 Å². The Kier molecular flexibility index (Phi) is 4.81. The summed E-state index contributed by atoms with van der Waals surface area (Å²) in [4.78, 5) is 12.0. The van der Waals surface area contributed by atoms with Gasteiger partial charge >= 0.3 is 5.97 Å². The van der Waals surface area contributed by atoms with E-state index >= 15 is 0 Å². The van der Waals surface area contributed by atoms with E-state index in [4.69, 9.17) is 9.47 Å². The van der Waals surface area contributed by atoms with Crippen LogP contribution in [0.4, 0.5) is 0 Å². The average molecular weight is 357 g/mol. The molecule has 21 heavy (non-hydrogen) atoms. The third-order valence-electron chi connectivity index (χ3n) is 4.48. The van der Waals surface area contributed by atoms with Gasteiger partial charge in [0.15, 0.2) is 11.5 Å². The fraction of sp³-hybridized carbons (Fsp3) is 0.562. The number of halogens is 1. The molecule has 1 aromatic rings. The minimum Gasteiger partial charge on any atom is -0.493 e. The normalized spacial score (nSPS) is 17.3. The van der Waals surface area contributed by atoms with Crippen molar-refractivity contribution in [1.82, 2.24) is 0 Å². The highest BCUT2D eigenvalue weighted by Crippen LogP contribution is 2.48. The van der Waals surface area contributed by atoms with E-state index < -0.39 is 11.4 Å². The average Bonchev–Trinajstić information content (AvgIpc) is 2.49. The fourth-order valence-corrected chi connectivity index (χ4v) is 3.96. The van der Waals surface area contributed by atoms with Crippen molar-refractivity contribution in [3.63, 3.8) is 0 Å². The van der Waals surface area contributed by atoms with E-state index in [0.29, 0.717) is 24.3 Å². The molecule has 5 heteroatoms. The minimum absolute atomic E-state index is 0.605. The van der Waals surface area contributed by atoms with Gasteiger partial charge < -0.3 is 14.6 Å². The Bertz CT molecular complexity index is 548. The van der Waals surface area contributed by atoms with Gasteiger partial charge in [-0.2, -0.15) is 0 Å². The number of ether oxygens (including phenoxy) is 2. The number of methoxy groups -OCH3 is 2. The molecule has 116 valence electrons. The van der Waals surface area contributed by atoms with Crippen molar-refractivity contribution in [2.24, 2.45) is 0 Å². The highest BCUT2D eigenvalue weighted by molar-refractivity contribution is 9.10. The maximum atomic E-state index is 12.0. The molecular weight excluding hydrogens is 336 g/mol. The van der Waals surface area contributed by atoms with Gasteiger partial charge in [-0.25, -0.2) is 0 Å². The van der Waals surface area contributed by atoms with E-state index in [2.05, 4.69) is 15.9 Å². The molecule has 1 N–H and O–H groups in total. The molecule has 0 aliphatic heterocycles. The lowest BCUT2D eigenvalue weighted by molar-refractivity contribution is -0.145. The first-order chi connectivity index (χ1) is 9.97. The Morgan fingerprint density at radius 1 is 1.19 bits per heavy atom. The second-order valence-corrected chi connectivity index (χ2v) is 6.40. The number of benzene rings is 1. The number of hydrogen-bond donors (Lipinski definition) is 1. The van der Waals surface area contributed by atoms with Crippen molar-refractivity contribution in [2.75, 3.05) is 14.2 Å². The van der Waals surface area contributed by atoms with Gasteiger partial charge in [0.1, 0.15) is 0 Å². The third-order valence-corrected chi connectivity index (χ3v) is 5.07. The molecule has 4 nitrogen and oxygen atoms in total. The zero-order chi connectivity index (χ0) is 15.6. The summed E-state index contributed by atoms with van der Waals surface area (Å²) in [6, 6.07) is 1.89. The summed E-state index contributed by atoms with van der Waals surface area (Å²) in [6.07, 6.45) is 4.33. The predicted molar refractivity (Wildman–Crippen MR) is 84.4 cm³/mol. The molecule has 0 radical (unpaired) electrons. The van der Waals surface area contributed by atoms with E-state index in [1.54, 1.807) is 14.2 Å². The van der Waals surface area contributed by atoms with Crippen LogP contribution in [0, 0.1) is 6.92 Å². The summed E-state index contributed by atoms with van der Waals surface area (Å²) >= 11 is 3.48. The molecule has 1 fully saturated rings. The second kappa shape index (κ2) is 6.26. The Hall–Kier alpha value is -1.23. The maximum Gasteiger partial charge on any atom is 0.314 e. The maximum absolute atomic E-state index is 12.0. The first kappa shape index (κ1) is 16.1. The summed E-state index contributed by atoms with van der Waals surface area (Å²) < 4.78 is 11.6. The SMILES string of the molecule is COc1c(Br)cc(C2(C(=O)O)CCCCC2)c(C)c1OC. The minimum atomic E-state index is -0.815. The zero-order valence-electron chi connectivity index (χ0n) is 12.7. The Labute approximate surface area is 133 Å². The van der Waals surface area contributed by atoms with Crippen LogP contribution in [0.5, 0.6) is 11.5 Å². The number of carboxylic acids is 1. The first-order valence-corrected chi connectivity index (χ1v) is 7.92. The number of hydrogen-bond acceptors (Lipinski definition) is 3. The molecule has 0 spiro atoms. The molecule has 1 aliphatic carbocycles. The van der Waals surface area contributed by atoms with Crippen molar-refractivity contribution in [2.45, 2.75) is 44.4 Å². The van der Waals surface area contributed by atoms with E-state index in [1.165, 1.54) is 0 Å². The molecular formula is C16H21BrO4. The molecule has 2 rings (SSSR count). The van der Waals surface area contributed by atoms with Crippen LogP contribution >= 0.6 is 15.9 Å². The number of carboxylic acid groups (broad SMARTS) is 1. The molecule has 0 aromatic heterocycles. The highest BCUT2D eigenvalue weighted by atomic mass is 79.9. The van der Waals surface area contributed by atoms with Gasteiger partial charge in [0.2, 0.25) is 0 Å². The molecule has 1 aliphatic rings. The molecule has 1 aromatic carbocycles. The highest BCUT2D eigenvalue weighted by Gasteiger charge is 2.43. The van der Waals surface area contributed by atoms with Crippen molar-refractivity contribution in [3.8, 4) is 11.5 Å². The Morgan fingerprint density at radius 2 is 1.76 bits per heavy atom. The van der Waals surface area contributed by atoms with Gasteiger partial charge in [0.05, 0.1) is 24.1 Å². The quantitative estimate of drug-likeness (QED) is 0.883. The van der Waals surface area contributed by atoms with E-state index in [1.807, 2.05) is 13.0 Å². The fourth-order valence-electron chi connectivity index (χ4n) is 3.39. The van der Waals surface area contributed by atoms with Gasteiger partial charge in [-0.05, 0) is 52.9 Å². The lowest BCUT2D eigenvalue weighted by Crippen LogP contribution is -2.38. The summed E-state index contributed by atoms with van der Waals surface area (Å²) in [5, 5.41) is 9.86. The molecule has 0 saturated heterocycles. The lowest BCUT2D eigenvalue weighted by atomic mass is 9.68. The monoisotopic (exact) mass is 356 g/mol. The lowest BCUT2D eigenvalue weighted by Gasteiger charge is -2.35. The number of rotatable bonds is 4. The van der Waals surface area contributed by atoms with Crippen molar-refractivity contribution in [3.05, 3.63) is 21.7 Å². The van der Waals surface area contributed by atoms with Crippen molar-refractivity contribution in [1.29, 1.82) is 0 Å². The second-order valence-electron chi connectivity index (χ2n) is 5.55. The van der Waals surface area contributed by atoms with E-state index in [0.717, 1.165) is 34.9 Å². The molecule has 0 atom stereocenters. The van der Waals surface area contributed by atoms with Crippen LogP contribution in [-0.2, 0) is 10.2 Å². The van der Waals surface area contributed by atoms with Gasteiger partial charge in [0, 0.05) is 0 Å². The van der Waals surface area contributed by atoms with Gasteiger partial charge in [-0.15, -0.1) is 0 Å². The molecule has 0 heterocycles. The van der Waals surface area contributed by atoms with Crippen LogP contribution in [0.1, 0.15) is 43.2 Å². The standard InChI is InChI=1S/C16H21BrO4/c1-10-11(9-12(17)14(21-3)13(10)20-2)16(15(18)19)7-5-4-6-8-16/h9H,4-8H2,1-3H3,(H,18,19). The summed E-state index contributed by atoms with van der Waals surface area (Å²) in [5.41, 5.74) is 0.866. The van der Waals surface area contributed by atoms with Crippen molar-refractivity contribution < 1.29 is 19.4 Å². The topological polar surface area (TPSA) is 55.8 Å². The van der Waals surface area contributed by atoms with Crippen LogP contribution in [-0.4, -0.2) is 25.3 Å². The molecule has 0 amide bonds. The smallest absolute Gasteiger partial charge is 0.314 e. The number of aliphatic carboxylic acids is 1. The summed E-state index contributed by atoms with van der Waals surface area (Å²) in [7, 11) is 3.16. The van der Waals surface area contributed by atoms with E-state index in [9.17, 15) is 9.90 Å². The predicted octanol–water partition coefficient (Wildman–Crippen LogP) is 4.06. The first-order valence-electron chi connectivity index (χ1n) is 7.13. The van der Waals surface area contributed by atoms with Crippen LogP contribution in [0.3, 0.4) is 0 Å².